The van der Waals surface area contributed by atoms with Crippen molar-refractivity contribution in [3.63, 3.8) is 0 Å². The van der Waals surface area contributed by atoms with E-state index < -0.39 is 0 Å². The molecule has 0 N–H and O–H groups in total. The van der Waals surface area contributed by atoms with Crippen molar-refractivity contribution in [2.45, 2.75) is 13.8 Å². The van der Waals surface area contributed by atoms with Crippen LogP contribution in [0.15, 0.2) is 0 Å². The SMILES string of the molecule is CC(=O)c1n[c]sc1C(C)=O. The quantitative estimate of drug-likeness (QED) is 0.626. The Morgan fingerprint density at radius 1 is 1.36 bits per heavy atom. The maximum absolute atomic E-state index is 10.8. The molecule has 1 radical (unpaired) electrons. The van der Waals surface area contributed by atoms with Crippen LogP contribution in [0.1, 0.15) is 34.0 Å². The van der Waals surface area contributed by atoms with E-state index >= 15 is 0 Å². The smallest absolute Gasteiger partial charge is 0.179 e. The molecule has 0 spiro atoms. The molecule has 0 aliphatic rings. The van der Waals surface area contributed by atoms with Crippen LogP contribution in [0, 0.1) is 5.51 Å². The average molecular weight is 168 g/mol. The summed E-state index contributed by atoms with van der Waals surface area (Å²) in [6, 6.07) is 0. The summed E-state index contributed by atoms with van der Waals surface area (Å²) >= 11 is 1.08. The topological polar surface area (TPSA) is 47.0 Å². The molecular formula is C7H6NO2S. The molecule has 0 unspecified atom stereocenters. The van der Waals surface area contributed by atoms with Gasteiger partial charge in [-0.05, 0) is 0 Å². The number of hydrogen-bond acceptors (Lipinski definition) is 4. The summed E-state index contributed by atoms with van der Waals surface area (Å²) in [4.78, 5) is 25.7. The second kappa shape index (κ2) is 2.92. The zero-order chi connectivity index (χ0) is 8.43. The Kier molecular flexibility index (Phi) is 2.14. The van der Waals surface area contributed by atoms with Gasteiger partial charge < -0.3 is 0 Å². The molecule has 1 aromatic rings. The Balaban J connectivity index is 3.16. The van der Waals surface area contributed by atoms with Crippen molar-refractivity contribution < 1.29 is 9.59 Å². The summed E-state index contributed by atoms with van der Waals surface area (Å²) in [5.41, 5.74) is 2.75. The van der Waals surface area contributed by atoms with Crippen molar-refractivity contribution >= 4 is 22.9 Å². The Hall–Kier alpha value is -1.03. The fourth-order valence-corrected chi connectivity index (χ4v) is 1.35. The van der Waals surface area contributed by atoms with E-state index in [1.807, 2.05) is 0 Å². The van der Waals surface area contributed by atoms with Gasteiger partial charge in [0.05, 0.1) is 0 Å². The second-order valence-corrected chi connectivity index (χ2v) is 2.89. The van der Waals surface area contributed by atoms with Gasteiger partial charge in [0.2, 0.25) is 0 Å². The van der Waals surface area contributed by atoms with E-state index in [9.17, 15) is 9.59 Å². The first-order valence-electron chi connectivity index (χ1n) is 3.01. The molecule has 57 valence electrons. The van der Waals surface area contributed by atoms with Crippen molar-refractivity contribution in [2.24, 2.45) is 0 Å². The monoisotopic (exact) mass is 168 g/mol. The fraction of sp³-hybridized carbons (Fsp3) is 0.286. The molecule has 0 amide bonds. The minimum atomic E-state index is -0.187. The third kappa shape index (κ3) is 1.51. The molecule has 1 heterocycles. The number of thiazole rings is 1. The molecule has 0 saturated heterocycles. The van der Waals surface area contributed by atoms with Gasteiger partial charge in [0.25, 0.3) is 0 Å². The number of carbonyl (C=O) groups is 2. The van der Waals surface area contributed by atoms with E-state index in [1.165, 1.54) is 13.8 Å². The van der Waals surface area contributed by atoms with Crippen molar-refractivity contribution in [3.05, 3.63) is 16.1 Å². The first-order valence-corrected chi connectivity index (χ1v) is 3.83. The molecule has 4 heteroatoms. The van der Waals surface area contributed by atoms with Gasteiger partial charge in [0.1, 0.15) is 10.6 Å². The number of Topliss-reactive ketones (excluding diaryl/α,β-unsaturated/α-hetero) is 2. The highest BCUT2D eigenvalue weighted by atomic mass is 32.1. The van der Waals surface area contributed by atoms with Gasteiger partial charge in [-0.2, -0.15) is 0 Å². The van der Waals surface area contributed by atoms with Crippen LogP contribution in [-0.2, 0) is 0 Å². The predicted octanol–water partition coefficient (Wildman–Crippen LogP) is 1.35. The number of ketones is 2. The molecule has 1 aromatic heterocycles. The van der Waals surface area contributed by atoms with Gasteiger partial charge in [-0.1, -0.05) is 0 Å². The highest BCUT2D eigenvalue weighted by Crippen LogP contribution is 2.13. The Morgan fingerprint density at radius 2 is 2.00 bits per heavy atom. The van der Waals surface area contributed by atoms with Crippen molar-refractivity contribution in [1.29, 1.82) is 0 Å². The molecular weight excluding hydrogens is 162 g/mol. The largest absolute Gasteiger partial charge is 0.294 e. The normalized spacial score (nSPS) is 9.64. The third-order valence-corrected chi connectivity index (χ3v) is 2.04. The number of hydrogen-bond donors (Lipinski definition) is 0. The maximum Gasteiger partial charge on any atom is 0.179 e. The van der Waals surface area contributed by atoms with Crippen LogP contribution >= 0.6 is 11.3 Å². The molecule has 11 heavy (non-hydrogen) atoms. The Bertz CT molecular complexity index is 275. The molecule has 0 aliphatic carbocycles. The molecule has 1 rings (SSSR count). The zero-order valence-electron chi connectivity index (χ0n) is 6.17. The second-order valence-electron chi connectivity index (χ2n) is 2.10. The molecule has 0 saturated carbocycles. The lowest BCUT2D eigenvalue weighted by molar-refractivity contribution is 0.0980. The van der Waals surface area contributed by atoms with Gasteiger partial charge >= 0.3 is 0 Å². The molecule has 0 bridgehead atoms. The Labute approximate surface area is 68.1 Å². The number of aromatic nitrogens is 1. The summed E-state index contributed by atoms with van der Waals surface area (Å²) in [6.45, 7) is 2.79. The van der Waals surface area contributed by atoms with E-state index in [-0.39, 0.29) is 17.3 Å². The molecule has 0 aromatic carbocycles. The van der Waals surface area contributed by atoms with E-state index in [4.69, 9.17) is 0 Å². The van der Waals surface area contributed by atoms with E-state index in [2.05, 4.69) is 10.5 Å². The first kappa shape index (κ1) is 8.07. The van der Waals surface area contributed by atoms with Crippen molar-refractivity contribution in [2.75, 3.05) is 0 Å². The van der Waals surface area contributed by atoms with Crippen LogP contribution in [-0.4, -0.2) is 16.6 Å². The maximum atomic E-state index is 10.8. The summed E-state index contributed by atoms with van der Waals surface area (Å²) in [5.74, 6) is -0.318. The van der Waals surface area contributed by atoms with Crippen molar-refractivity contribution in [1.82, 2.24) is 4.98 Å². The van der Waals surface area contributed by atoms with Crippen LogP contribution < -0.4 is 0 Å². The standard InChI is InChI=1S/C7H6NO2S/c1-4(9)6-7(5(2)10)11-3-8-6/h1-2H3. The van der Waals surface area contributed by atoms with Crippen LogP contribution in [0.25, 0.3) is 0 Å². The molecule has 0 atom stereocenters. The van der Waals surface area contributed by atoms with Crippen LogP contribution in [0.4, 0.5) is 0 Å². The lowest BCUT2D eigenvalue weighted by Crippen LogP contribution is -2.00. The molecule has 0 aliphatic heterocycles. The van der Waals surface area contributed by atoms with Crippen LogP contribution in [0.3, 0.4) is 0 Å². The van der Waals surface area contributed by atoms with Gasteiger partial charge in [-0.15, -0.1) is 11.3 Å². The van der Waals surface area contributed by atoms with Crippen LogP contribution in [0.2, 0.25) is 0 Å². The zero-order valence-corrected chi connectivity index (χ0v) is 6.99. The number of rotatable bonds is 2. The van der Waals surface area contributed by atoms with Gasteiger partial charge in [-0.3, -0.25) is 9.59 Å². The third-order valence-electron chi connectivity index (χ3n) is 1.17. The summed E-state index contributed by atoms with van der Waals surface area (Å²) in [6.07, 6.45) is 0. The van der Waals surface area contributed by atoms with Crippen LogP contribution in [0.5, 0.6) is 0 Å². The lowest BCUT2D eigenvalue weighted by atomic mass is 10.2. The van der Waals surface area contributed by atoms with Crippen molar-refractivity contribution in [3.8, 4) is 0 Å². The van der Waals surface area contributed by atoms with Gasteiger partial charge in [0, 0.05) is 13.8 Å². The highest BCUT2D eigenvalue weighted by Gasteiger charge is 2.13. The van der Waals surface area contributed by atoms with Gasteiger partial charge in [-0.25, -0.2) is 4.98 Å². The summed E-state index contributed by atoms with van der Waals surface area (Å²) in [7, 11) is 0. The fourth-order valence-electron chi connectivity index (χ4n) is 0.690. The number of nitrogens with zero attached hydrogens (tertiary/aromatic N) is 1. The minimum absolute atomic E-state index is 0.131. The van der Waals surface area contributed by atoms with E-state index in [0.717, 1.165) is 11.3 Å². The summed E-state index contributed by atoms with van der Waals surface area (Å²) in [5, 5.41) is 0. The minimum Gasteiger partial charge on any atom is -0.294 e. The van der Waals surface area contributed by atoms with Gasteiger partial charge in [0.15, 0.2) is 17.1 Å². The number of carbonyl (C=O) groups excluding carboxylic acids is 2. The summed E-state index contributed by atoms with van der Waals surface area (Å²) < 4.78 is 0. The molecule has 0 fully saturated rings. The molecule has 3 nitrogen and oxygen atoms in total. The first-order chi connectivity index (χ1) is 5.13. The van der Waals surface area contributed by atoms with E-state index in [1.54, 1.807) is 0 Å². The predicted molar refractivity (Wildman–Crippen MR) is 41.0 cm³/mol. The lowest BCUT2D eigenvalue weighted by Gasteiger charge is -1.90. The van der Waals surface area contributed by atoms with E-state index in [0.29, 0.717) is 4.88 Å². The highest BCUT2D eigenvalue weighted by molar-refractivity contribution is 7.11. The average Bonchev–Trinajstić information content (AvgIpc) is 2.32. The Morgan fingerprint density at radius 3 is 2.36 bits per heavy atom.